The van der Waals surface area contributed by atoms with Crippen LogP contribution in [0.2, 0.25) is 0 Å². The van der Waals surface area contributed by atoms with Crippen LogP contribution in [0, 0.1) is 5.82 Å². The number of aliphatic imine (C=N–C) groups is 1. The summed E-state index contributed by atoms with van der Waals surface area (Å²) in [5, 5.41) is 0. The van der Waals surface area contributed by atoms with Gasteiger partial charge in [0.15, 0.2) is 0 Å². The van der Waals surface area contributed by atoms with Gasteiger partial charge in [-0.2, -0.15) is 0 Å². The molecule has 114 valence electrons. The quantitative estimate of drug-likeness (QED) is 0.879. The molecule has 0 spiro atoms. The average Bonchev–Trinajstić information content (AvgIpc) is 2.46. The fourth-order valence-electron chi connectivity index (χ4n) is 1.66. The van der Waals surface area contributed by atoms with E-state index in [2.05, 4.69) is 4.99 Å². The van der Waals surface area contributed by atoms with Gasteiger partial charge in [0.05, 0.1) is 10.6 Å². The molecule has 0 bridgehead atoms. The summed E-state index contributed by atoms with van der Waals surface area (Å²) in [5.74, 6) is -0.983. The van der Waals surface area contributed by atoms with Crippen LogP contribution in [-0.2, 0) is 14.8 Å². The number of hydrogen-bond donors (Lipinski definition) is 1. The number of nitrogens with zero attached hydrogens (tertiary/aromatic N) is 1. The maximum Gasteiger partial charge on any atom is 0.264 e. The highest BCUT2D eigenvalue weighted by Crippen LogP contribution is 2.16. The predicted octanol–water partition coefficient (Wildman–Crippen LogP) is 2.40. The lowest BCUT2D eigenvalue weighted by atomic mass is 10.2. The number of amides is 1. The number of carbonyl (C=O) groups is 1. The van der Waals surface area contributed by atoms with E-state index in [-0.39, 0.29) is 10.7 Å². The molecule has 0 fully saturated rings. The number of carbonyl (C=O) groups excluding carboxylic acids is 1. The molecule has 22 heavy (non-hydrogen) atoms. The molecule has 0 radical (unpaired) electrons. The van der Waals surface area contributed by atoms with Crippen molar-refractivity contribution in [2.24, 2.45) is 4.99 Å². The third-order valence-corrected chi connectivity index (χ3v) is 4.11. The molecule has 7 heteroatoms. The van der Waals surface area contributed by atoms with Crippen LogP contribution in [0.1, 0.15) is 12.5 Å². The Labute approximate surface area is 127 Å². The molecule has 0 unspecified atom stereocenters. The summed E-state index contributed by atoms with van der Waals surface area (Å²) in [5.41, 5.74) is 1.25. The second kappa shape index (κ2) is 6.48. The maximum atomic E-state index is 12.8. The summed E-state index contributed by atoms with van der Waals surface area (Å²) < 4.78 is 38.2. The molecule has 0 heterocycles. The normalized spacial score (nSPS) is 11.5. The van der Waals surface area contributed by atoms with Crippen LogP contribution in [0.3, 0.4) is 0 Å². The highest BCUT2D eigenvalue weighted by molar-refractivity contribution is 7.90. The summed E-state index contributed by atoms with van der Waals surface area (Å²) in [6.07, 6.45) is 1.54. The minimum Gasteiger partial charge on any atom is -0.274 e. The Balaban J connectivity index is 2.15. The molecule has 0 aliphatic rings. The van der Waals surface area contributed by atoms with Crippen molar-refractivity contribution >= 4 is 27.8 Å². The fraction of sp³-hybridized carbons (Fsp3) is 0.0667. The maximum absolute atomic E-state index is 12.8. The molecular formula is C15H13FN2O3S. The van der Waals surface area contributed by atoms with Crippen molar-refractivity contribution in [3.8, 4) is 0 Å². The zero-order valence-corrected chi connectivity index (χ0v) is 12.5. The van der Waals surface area contributed by atoms with E-state index in [1.807, 2.05) is 4.72 Å². The van der Waals surface area contributed by atoms with Gasteiger partial charge in [0.1, 0.15) is 5.82 Å². The van der Waals surface area contributed by atoms with Crippen molar-refractivity contribution in [3.05, 3.63) is 59.9 Å². The van der Waals surface area contributed by atoms with Gasteiger partial charge in [-0.1, -0.05) is 12.1 Å². The van der Waals surface area contributed by atoms with Crippen molar-refractivity contribution < 1.29 is 17.6 Å². The van der Waals surface area contributed by atoms with Crippen molar-refractivity contribution in [2.75, 3.05) is 0 Å². The molecule has 0 aromatic heterocycles. The first-order chi connectivity index (χ1) is 10.4. The minimum absolute atomic E-state index is 0.0246. The van der Waals surface area contributed by atoms with Gasteiger partial charge in [-0.05, 0) is 42.0 Å². The largest absolute Gasteiger partial charge is 0.274 e. The zero-order valence-electron chi connectivity index (χ0n) is 11.7. The van der Waals surface area contributed by atoms with Gasteiger partial charge < -0.3 is 0 Å². The standard InChI is InChI=1S/C15H13FN2O3S/c1-11(19)18-22(20,21)15-8-6-14(7-9-15)17-10-12-2-4-13(16)5-3-12/h2-10H,1H3,(H,18,19). The topological polar surface area (TPSA) is 75.6 Å². The Kier molecular flexibility index (Phi) is 4.67. The van der Waals surface area contributed by atoms with E-state index in [4.69, 9.17) is 0 Å². The Bertz CT molecular complexity index is 798. The third kappa shape index (κ3) is 4.23. The molecular weight excluding hydrogens is 307 g/mol. The first kappa shape index (κ1) is 15.8. The summed E-state index contributed by atoms with van der Waals surface area (Å²) in [4.78, 5) is 15.0. The summed E-state index contributed by atoms with van der Waals surface area (Å²) in [7, 11) is -3.84. The third-order valence-electron chi connectivity index (χ3n) is 2.66. The van der Waals surface area contributed by atoms with Crippen LogP contribution in [0.4, 0.5) is 10.1 Å². The Morgan fingerprint density at radius 3 is 2.23 bits per heavy atom. The number of nitrogens with one attached hydrogen (secondary N) is 1. The van der Waals surface area contributed by atoms with Crippen molar-refractivity contribution in [3.63, 3.8) is 0 Å². The Morgan fingerprint density at radius 1 is 1.09 bits per heavy atom. The lowest BCUT2D eigenvalue weighted by Gasteiger charge is -2.04. The summed E-state index contributed by atoms with van der Waals surface area (Å²) >= 11 is 0. The van der Waals surface area contributed by atoms with Crippen molar-refractivity contribution in [1.29, 1.82) is 0 Å². The van der Waals surface area contributed by atoms with Crippen LogP contribution in [-0.4, -0.2) is 20.5 Å². The molecule has 2 aromatic rings. The van der Waals surface area contributed by atoms with Crippen LogP contribution in [0.15, 0.2) is 58.4 Å². The van der Waals surface area contributed by atoms with Crippen LogP contribution in [0.25, 0.3) is 0 Å². The highest BCUT2D eigenvalue weighted by Gasteiger charge is 2.14. The smallest absolute Gasteiger partial charge is 0.264 e. The van der Waals surface area contributed by atoms with E-state index in [1.165, 1.54) is 42.6 Å². The van der Waals surface area contributed by atoms with Gasteiger partial charge in [-0.3, -0.25) is 9.79 Å². The molecule has 2 rings (SSSR count). The molecule has 1 amide bonds. The van der Waals surface area contributed by atoms with Gasteiger partial charge in [-0.25, -0.2) is 17.5 Å². The number of halogens is 1. The average molecular weight is 320 g/mol. The lowest BCUT2D eigenvalue weighted by Crippen LogP contribution is -2.28. The first-order valence-corrected chi connectivity index (χ1v) is 7.78. The highest BCUT2D eigenvalue weighted by atomic mass is 32.2. The summed E-state index contributed by atoms with van der Waals surface area (Å²) in [6.45, 7) is 1.12. The molecule has 5 nitrogen and oxygen atoms in total. The SMILES string of the molecule is CC(=O)NS(=O)(=O)c1ccc(N=Cc2ccc(F)cc2)cc1. The van der Waals surface area contributed by atoms with Crippen LogP contribution in [0.5, 0.6) is 0 Å². The van der Waals surface area contributed by atoms with E-state index in [1.54, 1.807) is 12.1 Å². The molecule has 2 aromatic carbocycles. The number of sulfonamides is 1. The van der Waals surface area contributed by atoms with Crippen LogP contribution >= 0.6 is 0 Å². The molecule has 0 aliphatic heterocycles. The second-order valence-electron chi connectivity index (χ2n) is 4.47. The van der Waals surface area contributed by atoms with Crippen molar-refractivity contribution in [2.45, 2.75) is 11.8 Å². The number of benzene rings is 2. The van der Waals surface area contributed by atoms with Gasteiger partial charge in [0, 0.05) is 13.1 Å². The monoisotopic (exact) mass is 320 g/mol. The number of rotatable bonds is 4. The molecule has 1 N–H and O–H groups in total. The first-order valence-electron chi connectivity index (χ1n) is 6.30. The van der Waals surface area contributed by atoms with E-state index in [9.17, 15) is 17.6 Å². The van der Waals surface area contributed by atoms with Gasteiger partial charge in [0.2, 0.25) is 5.91 Å². The van der Waals surface area contributed by atoms with Gasteiger partial charge in [-0.15, -0.1) is 0 Å². The molecule has 0 atom stereocenters. The molecule has 0 saturated heterocycles. The Hall–Kier alpha value is -2.54. The Morgan fingerprint density at radius 2 is 1.68 bits per heavy atom. The minimum atomic E-state index is -3.84. The lowest BCUT2D eigenvalue weighted by molar-refractivity contribution is -0.117. The summed E-state index contributed by atoms with van der Waals surface area (Å²) in [6, 6.07) is 11.5. The van der Waals surface area contributed by atoms with Crippen molar-refractivity contribution in [1.82, 2.24) is 4.72 Å². The zero-order chi connectivity index (χ0) is 16.2. The predicted molar refractivity (Wildman–Crippen MR) is 81.1 cm³/mol. The van der Waals surface area contributed by atoms with E-state index < -0.39 is 15.9 Å². The van der Waals surface area contributed by atoms with E-state index in [0.717, 1.165) is 12.5 Å². The van der Waals surface area contributed by atoms with Gasteiger partial charge >= 0.3 is 0 Å². The fourth-order valence-corrected chi connectivity index (χ4v) is 2.65. The van der Waals surface area contributed by atoms with E-state index in [0.29, 0.717) is 5.69 Å². The number of hydrogen-bond acceptors (Lipinski definition) is 4. The van der Waals surface area contributed by atoms with E-state index >= 15 is 0 Å². The second-order valence-corrected chi connectivity index (χ2v) is 6.15. The van der Waals surface area contributed by atoms with Crippen LogP contribution < -0.4 is 4.72 Å². The molecule has 0 saturated carbocycles. The van der Waals surface area contributed by atoms with Gasteiger partial charge in [0.25, 0.3) is 10.0 Å². The molecule has 0 aliphatic carbocycles.